The average Bonchev–Trinajstić information content (AvgIpc) is 3.44. The SMILES string of the molecule is CC1CCN(c2ccc(C(=O)N(CCO)C3CC3)cc2[N+](=O)[O-])CC1. The predicted octanol–water partition coefficient (Wildman–Crippen LogP) is 2.43. The van der Waals surface area contributed by atoms with Crippen molar-refractivity contribution in [2.75, 3.05) is 31.1 Å². The normalized spacial score (nSPS) is 18.2. The first-order valence-corrected chi connectivity index (χ1v) is 8.96. The topological polar surface area (TPSA) is 86.9 Å². The van der Waals surface area contributed by atoms with Gasteiger partial charge in [-0.3, -0.25) is 14.9 Å². The van der Waals surface area contributed by atoms with Crippen molar-refractivity contribution in [3.63, 3.8) is 0 Å². The number of benzene rings is 1. The summed E-state index contributed by atoms with van der Waals surface area (Å²) in [5, 5.41) is 20.7. The molecule has 0 bridgehead atoms. The number of carbonyl (C=O) groups excluding carboxylic acids is 1. The minimum Gasteiger partial charge on any atom is -0.395 e. The number of aliphatic hydroxyl groups excluding tert-OH is 1. The first kappa shape index (κ1) is 17.7. The van der Waals surface area contributed by atoms with Crippen LogP contribution in [0.3, 0.4) is 0 Å². The highest BCUT2D eigenvalue weighted by Crippen LogP contribution is 2.34. The van der Waals surface area contributed by atoms with E-state index in [0.29, 0.717) is 17.2 Å². The summed E-state index contributed by atoms with van der Waals surface area (Å²) in [6.45, 7) is 3.96. The maximum Gasteiger partial charge on any atom is 0.293 e. The van der Waals surface area contributed by atoms with Gasteiger partial charge in [0.2, 0.25) is 0 Å². The number of amides is 1. The molecule has 7 nitrogen and oxygen atoms in total. The lowest BCUT2D eigenvalue weighted by molar-refractivity contribution is -0.384. The Morgan fingerprint density at radius 3 is 2.56 bits per heavy atom. The van der Waals surface area contributed by atoms with Gasteiger partial charge in [0.1, 0.15) is 5.69 Å². The summed E-state index contributed by atoms with van der Waals surface area (Å²) >= 11 is 0. The molecule has 1 aliphatic carbocycles. The van der Waals surface area contributed by atoms with E-state index >= 15 is 0 Å². The largest absolute Gasteiger partial charge is 0.395 e. The van der Waals surface area contributed by atoms with Crippen LogP contribution < -0.4 is 4.90 Å². The number of rotatable bonds is 6. The van der Waals surface area contributed by atoms with Crippen molar-refractivity contribution in [2.45, 2.75) is 38.6 Å². The van der Waals surface area contributed by atoms with Gasteiger partial charge in [0.25, 0.3) is 11.6 Å². The third-order valence-corrected chi connectivity index (χ3v) is 5.13. The van der Waals surface area contributed by atoms with E-state index in [-0.39, 0.29) is 30.8 Å². The number of nitro groups is 1. The Kier molecular flexibility index (Phi) is 5.22. The fourth-order valence-corrected chi connectivity index (χ4v) is 3.43. The molecule has 1 saturated carbocycles. The molecule has 1 N–H and O–H groups in total. The van der Waals surface area contributed by atoms with Crippen molar-refractivity contribution in [1.29, 1.82) is 0 Å². The van der Waals surface area contributed by atoms with Crippen LogP contribution in [0.1, 0.15) is 43.0 Å². The zero-order valence-electron chi connectivity index (χ0n) is 14.6. The lowest BCUT2D eigenvalue weighted by Crippen LogP contribution is -2.36. The van der Waals surface area contributed by atoms with Gasteiger partial charge in [-0.25, -0.2) is 0 Å². The molecule has 0 atom stereocenters. The van der Waals surface area contributed by atoms with Crippen LogP contribution in [0.2, 0.25) is 0 Å². The predicted molar refractivity (Wildman–Crippen MR) is 94.9 cm³/mol. The van der Waals surface area contributed by atoms with Gasteiger partial charge in [0.15, 0.2) is 0 Å². The number of hydrogen-bond acceptors (Lipinski definition) is 5. The zero-order chi connectivity index (χ0) is 18.0. The van der Waals surface area contributed by atoms with Gasteiger partial charge < -0.3 is 14.9 Å². The minimum atomic E-state index is -0.405. The molecule has 7 heteroatoms. The minimum absolute atomic E-state index is 0.0138. The lowest BCUT2D eigenvalue weighted by Gasteiger charge is -2.32. The summed E-state index contributed by atoms with van der Waals surface area (Å²) in [5.74, 6) is 0.403. The van der Waals surface area contributed by atoms with Gasteiger partial charge in [-0.05, 0) is 43.7 Å². The molecule has 1 aliphatic heterocycles. The Morgan fingerprint density at radius 2 is 2.00 bits per heavy atom. The van der Waals surface area contributed by atoms with Crippen molar-refractivity contribution >= 4 is 17.3 Å². The van der Waals surface area contributed by atoms with Gasteiger partial charge in [-0.15, -0.1) is 0 Å². The van der Waals surface area contributed by atoms with E-state index in [1.165, 1.54) is 6.07 Å². The summed E-state index contributed by atoms with van der Waals surface area (Å²) in [5.41, 5.74) is 0.898. The van der Waals surface area contributed by atoms with Gasteiger partial charge in [0, 0.05) is 37.3 Å². The molecular formula is C18H25N3O4. The smallest absolute Gasteiger partial charge is 0.293 e. The molecule has 2 fully saturated rings. The van der Waals surface area contributed by atoms with Crippen molar-refractivity contribution < 1.29 is 14.8 Å². The van der Waals surface area contributed by atoms with E-state index in [4.69, 9.17) is 0 Å². The quantitative estimate of drug-likeness (QED) is 0.631. The van der Waals surface area contributed by atoms with E-state index in [0.717, 1.165) is 38.8 Å². The van der Waals surface area contributed by atoms with Crippen LogP contribution in [0.25, 0.3) is 0 Å². The molecule has 1 aromatic rings. The van der Waals surface area contributed by atoms with E-state index in [2.05, 4.69) is 6.92 Å². The van der Waals surface area contributed by atoms with Crippen LogP contribution in [-0.4, -0.2) is 53.1 Å². The summed E-state index contributed by atoms with van der Waals surface area (Å²) in [6.07, 6.45) is 3.89. The molecule has 1 saturated heterocycles. The third kappa shape index (κ3) is 3.92. The van der Waals surface area contributed by atoms with Crippen molar-refractivity contribution in [2.24, 2.45) is 5.92 Å². The van der Waals surface area contributed by atoms with Crippen LogP contribution in [0.4, 0.5) is 11.4 Å². The Labute approximate surface area is 147 Å². The highest BCUT2D eigenvalue weighted by atomic mass is 16.6. The molecule has 0 aromatic heterocycles. The number of nitro benzene ring substituents is 1. The Morgan fingerprint density at radius 1 is 1.32 bits per heavy atom. The number of anilines is 1. The second-order valence-electron chi connectivity index (χ2n) is 7.08. The van der Waals surface area contributed by atoms with Crippen molar-refractivity contribution in [1.82, 2.24) is 4.90 Å². The van der Waals surface area contributed by atoms with Crippen LogP contribution >= 0.6 is 0 Å². The first-order chi connectivity index (χ1) is 12.0. The van der Waals surface area contributed by atoms with Gasteiger partial charge in [-0.1, -0.05) is 6.92 Å². The zero-order valence-corrected chi connectivity index (χ0v) is 14.6. The Hall–Kier alpha value is -2.15. The number of nitrogens with zero attached hydrogens (tertiary/aromatic N) is 3. The standard InChI is InChI=1S/C18H25N3O4/c1-13-6-8-19(9-7-13)16-5-2-14(12-17(16)21(24)25)18(23)20(10-11-22)15-3-4-15/h2,5,12-13,15,22H,3-4,6-11H2,1H3. The summed E-state index contributed by atoms with van der Waals surface area (Å²) in [7, 11) is 0. The Bertz CT molecular complexity index is 652. The third-order valence-electron chi connectivity index (χ3n) is 5.13. The van der Waals surface area contributed by atoms with Crippen LogP contribution in [0.5, 0.6) is 0 Å². The fourth-order valence-electron chi connectivity index (χ4n) is 3.43. The average molecular weight is 347 g/mol. The number of carbonyl (C=O) groups is 1. The molecule has 1 aromatic carbocycles. The number of piperidine rings is 1. The monoisotopic (exact) mass is 347 g/mol. The fraction of sp³-hybridized carbons (Fsp3) is 0.611. The maximum atomic E-state index is 12.7. The van der Waals surface area contributed by atoms with E-state index < -0.39 is 4.92 Å². The second kappa shape index (κ2) is 7.39. The highest BCUT2D eigenvalue weighted by Gasteiger charge is 2.33. The van der Waals surface area contributed by atoms with Crippen molar-refractivity contribution in [3.05, 3.63) is 33.9 Å². The van der Waals surface area contributed by atoms with Gasteiger partial charge >= 0.3 is 0 Å². The second-order valence-corrected chi connectivity index (χ2v) is 7.08. The molecule has 0 radical (unpaired) electrons. The highest BCUT2D eigenvalue weighted by molar-refractivity contribution is 5.96. The molecule has 0 spiro atoms. The van der Waals surface area contributed by atoms with Crippen LogP contribution in [0, 0.1) is 16.0 Å². The number of hydrogen-bond donors (Lipinski definition) is 1. The molecular weight excluding hydrogens is 322 g/mol. The summed E-state index contributed by atoms with van der Waals surface area (Å²) in [6, 6.07) is 4.92. The molecule has 1 amide bonds. The van der Waals surface area contributed by atoms with E-state index in [9.17, 15) is 20.0 Å². The molecule has 1 heterocycles. The first-order valence-electron chi connectivity index (χ1n) is 8.96. The molecule has 2 aliphatic rings. The summed E-state index contributed by atoms with van der Waals surface area (Å²) in [4.78, 5) is 27.5. The molecule has 0 unspecified atom stereocenters. The van der Waals surface area contributed by atoms with E-state index in [1.807, 2.05) is 4.90 Å². The van der Waals surface area contributed by atoms with Crippen LogP contribution in [0.15, 0.2) is 18.2 Å². The molecule has 3 rings (SSSR count). The molecule has 25 heavy (non-hydrogen) atoms. The molecule has 136 valence electrons. The lowest BCUT2D eigenvalue weighted by atomic mass is 9.98. The summed E-state index contributed by atoms with van der Waals surface area (Å²) < 4.78 is 0. The Balaban J connectivity index is 1.85. The van der Waals surface area contributed by atoms with Gasteiger partial charge in [-0.2, -0.15) is 0 Å². The maximum absolute atomic E-state index is 12.7. The van der Waals surface area contributed by atoms with E-state index in [1.54, 1.807) is 17.0 Å². The number of aliphatic hydroxyl groups is 1. The van der Waals surface area contributed by atoms with Crippen LogP contribution in [-0.2, 0) is 0 Å². The van der Waals surface area contributed by atoms with Crippen molar-refractivity contribution in [3.8, 4) is 0 Å². The van der Waals surface area contributed by atoms with Gasteiger partial charge in [0.05, 0.1) is 11.5 Å².